The van der Waals surface area contributed by atoms with Gasteiger partial charge in [0, 0.05) is 45.2 Å². The molecule has 1 unspecified atom stereocenters. The van der Waals surface area contributed by atoms with Crippen LogP contribution in [0.25, 0.3) is 0 Å². The summed E-state index contributed by atoms with van der Waals surface area (Å²) in [5, 5.41) is 3.23. The molecule has 1 aromatic heterocycles. The van der Waals surface area contributed by atoms with Gasteiger partial charge in [-0.25, -0.2) is 13.1 Å². The number of hydrogen-bond donors (Lipinski definition) is 2. The lowest BCUT2D eigenvalue weighted by molar-refractivity contribution is 0.156. The van der Waals surface area contributed by atoms with Gasteiger partial charge >= 0.3 is 0 Å². The lowest BCUT2D eigenvalue weighted by atomic mass is 9.87. The Morgan fingerprint density at radius 2 is 2.28 bits per heavy atom. The number of nitrogens with one attached hydrogen (secondary N) is 2. The van der Waals surface area contributed by atoms with E-state index < -0.39 is 10.0 Å². The second-order valence-corrected chi connectivity index (χ2v) is 10.1. The van der Waals surface area contributed by atoms with Crippen molar-refractivity contribution in [1.82, 2.24) is 14.9 Å². The Hall–Kier alpha value is -0.870. The van der Waals surface area contributed by atoms with Crippen LogP contribution in [0.15, 0.2) is 21.3 Å². The number of nitrogens with zero attached hydrogens (tertiary/aromatic N) is 2. The lowest BCUT2D eigenvalue weighted by Gasteiger charge is -2.24. The molecule has 0 saturated carbocycles. The minimum Gasteiger partial charge on any atom is -0.381 e. The van der Waals surface area contributed by atoms with Crippen molar-refractivity contribution < 1.29 is 13.2 Å². The van der Waals surface area contributed by atoms with Crippen molar-refractivity contribution in [1.29, 1.82) is 0 Å². The van der Waals surface area contributed by atoms with Crippen LogP contribution in [-0.4, -0.2) is 65.7 Å². The Labute approximate surface area is 157 Å². The van der Waals surface area contributed by atoms with Crippen LogP contribution in [0.5, 0.6) is 0 Å². The van der Waals surface area contributed by atoms with Crippen LogP contribution in [0, 0.1) is 5.41 Å². The summed E-state index contributed by atoms with van der Waals surface area (Å²) in [7, 11) is -1.76. The quantitative estimate of drug-likeness (QED) is 0.438. The molecule has 2 aliphatic rings. The Morgan fingerprint density at radius 3 is 2.92 bits per heavy atom. The molecule has 25 heavy (non-hydrogen) atoms. The monoisotopic (exact) mass is 406 g/mol. The summed E-state index contributed by atoms with van der Waals surface area (Å²) in [6.07, 6.45) is 2.21. The van der Waals surface area contributed by atoms with Crippen LogP contribution in [0.3, 0.4) is 0 Å². The maximum absolute atomic E-state index is 12.1. The first kappa shape index (κ1) is 18.9. The van der Waals surface area contributed by atoms with E-state index in [4.69, 9.17) is 16.3 Å². The van der Waals surface area contributed by atoms with Crippen LogP contribution in [-0.2, 0) is 14.8 Å². The summed E-state index contributed by atoms with van der Waals surface area (Å²) in [5.41, 5.74) is 0.262. The molecule has 1 aromatic rings. The molecule has 0 radical (unpaired) electrons. The molecule has 7 nitrogen and oxygen atoms in total. The summed E-state index contributed by atoms with van der Waals surface area (Å²) < 4.78 is 33.1. The number of likely N-dealkylation sites (tertiary alicyclic amines) is 1. The number of ether oxygens (including phenoxy) is 1. The molecular weight excluding hydrogens is 384 g/mol. The summed E-state index contributed by atoms with van der Waals surface area (Å²) in [4.78, 5) is 6.54. The van der Waals surface area contributed by atoms with Crippen molar-refractivity contribution in [3.63, 3.8) is 0 Å². The van der Waals surface area contributed by atoms with Gasteiger partial charge in [0.2, 0.25) is 10.0 Å². The van der Waals surface area contributed by atoms with E-state index in [-0.39, 0.29) is 16.2 Å². The molecule has 3 rings (SSSR count). The van der Waals surface area contributed by atoms with Gasteiger partial charge in [-0.2, -0.15) is 0 Å². The smallest absolute Gasteiger partial charge is 0.250 e. The molecule has 2 fully saturated rings. The van der Waals surface area contributed by atoms with E-state index in [9.17, 15) is 8.42 Å². The fraction of sp³-hybridized carbons (Fsp3) is 0.667. The van der Waals surface area contributed by atoms with E-state index in [1.54, 1.807) is 13.1 Å². The number of rotatable bonds is 5. The maximum atomic E-state index is 12.1. The minimum absolute atomic E-state index is 0.226. The first-order valence-electron chi connectivity index (χ1n) is 8.23. The van der Waals surface area contributed by atoms with Crippen molar-refractivity contribution in [3.05, 3.63) is 16.5 Å². The number of halogens is 1. The van der Waals surface area contributed by atoms with Gasteiger partial charge in [0.15, 0.2) is 5.96 Å². The van der Waals surface area contributed by atoms with Crippen LogP contribution in [0.2, 0.25) is 4.34 Å². The van der Waals surface area contributed by atoms with Gasteiger partial charge in [-0.1, -0.05) is 11.6 Å². The van der Waals surface area contributed by atoms with Crippen molar-refractivity contribution in [2.24, 2.45) is 10.4 Å². The third-order valence-electron chi connectivity index (χ3n) is 4.65. The topological polar surface area (TPSA) is 83.0 Å². The number of aliphatic imine (C=N–C) groups is 1. The number of guanidine groups is 1. The zero-order valence-electron chi connectivity index (χ0n) is 14.1. The molecule has 10 heteroatoms. The Morgan fingerprint density at radius 1 is 1.44 bits per heavy atom. The second kappa shape index (κ2) is 7.79. The molecule has 0 amide bonds. The lowest BCUT2D eigenvalue weighted by Crippen LogP contribution is -2.44. The van der Waals surface area contributed by atoms with E-state index in [0.717, 1.165) is 56.4 Å². The van der Waals surface area contributed by atoms with Crippen LogP contribution >= 0.6 is 22.9 Å². The third kappa shape index (κ3) is 4.46. The van der Waals surface area contributed by atoms with Crippen molar-refractivity contribution in [2.75, 3.05) is 46.4 Å². The molecular formula is C15H23ClN4O3S2. The highest BCUT2D eigenvalue weighted by molar-refractivity contribution is 7.91. The van der Waals surface area contributed by atoms with Crippen molar-refractivity contribution in [2.45, 2.75) is 17.1 Å². The highest BCUT2D eigenvalue weighted by atomic mass is 35.5. The second-order valence-electron chi connectivity index (χ2n) is 6.40. The molecule has 140 valence electrons. The third-order valence-corrected chi connectivity index (χ3v) is 7.83. The van der Waals surface area contributed by atoms with Crippen molar-refractivity contribution >= 4 is 38.9 Å². The maximum Gasteiger partial charge on any atom is 0.250 e. The highest BCUT2D eigenvalue weighted by Crippen LogP contribution is 2.38. The summed E-state index contributed by atoms with van der Waals surface area (Å²) >= 11 is 6.84. The summed E-state index contributed by atoms with van der Waals surface area (Å²) in [6, 6.07) is 3.09. The average Bonchev–Trinajstić information content (AvgIpc) is 3.31. The number of sulfonamides is 1. The van der Waals surface area contributed by atoms with E-state index in [1.165, 1.54) is 6.07 Å². The Kier molecular flexibility index (Phi) is 5.89. The Bertz CT molecular complexity index is 729. The van der Waals surface area contributed by atoms with Gasteiger partial charge < -0.3 is 15.0 Å². The van der Waals surface area contributed by atoms with Crippen molar-refractivity contribution in [3.8, 4) is 0 Å². The van der Waals surface area contributed by atoms with Gasteiger partial charge in [0.05, 0.1) is 10.9 Å². The van der Waals surface area contributed by atoms with E-state index >= 15 is 0 Å². The van der Waals surface area contributed by atoms with Gasteiger partial charge in [-0.15, -0.1) is 11.3 Å². The van der Waals surface area contributed by atoms with Gasteiger partial charge in [0.1, 0.15) is 4.21 Å². The van der Waals surface area contributed by atoms with Gasteiger partial charge in [-0.05, 0) is 25.0 Å². The first-order chi connectivity index (χ1) is 11.9. The summed E-state index contributed by atoms with van der Waals surface area (Å²) in [6.45, 7) is 4.29. The predicted octanol–water partition coefficient (Wildman–Crippen LogP) is 1.37. The normalized spacial score (nSPS) is 24.4. The van der Waals surface area contributed by atoms with E-state index in [1.807, 2.05) is 0 Å². The number of hydrogen-bond acceptors (Lipinski definition) is 5. The van der Waals surface area contributed by atoms with Crippen LogP contribution < -0.4 is 10.0 Å². The van der Waals surface area contributed by atoms with Crippen LogP contribution in [0.1, 0.15) is 12.8 Å². The Balaban J connectivity index is 1.46. The molecule has 2 saturated heterocycles. The molecule has 0 aromatic carbocycles. The zero-order chi connectivity index (χ0) is 17.9. The van der Waals surface area contributed by atoms with E-state index in [0.29, 0.717) is 10.9 Å². The largest absolute Gasteiger partial charge is 0.381 e. The molecule has 1 spiro atoms. The zero-order valence-corrected chi connectivity index (χ0v) is 16.5. The minimum atomic E-state index is -3.51. The van der Waals surface area contributed by atoms with E-state index in [2.05, 4.69) is 19.9 Å². The standard InChI is InChI=1S/C15H23ClN4O3S2/c1-17-14(20-8-4-15(10-20)5-9-23-11-15)18-6-7-19-25(21,22)13-3-2-12(16)24-13/h2-3,19H,4-11H2,1H3,(H,17,18). The van der Waals surface area contributed by atoms with Crippen LogP contribution in [0.4, 0.5) is 0 Å². The van der Waals surface area contributed by atoms with Gasteiger partial charge in [0.25, 0.3) is 0 Å². The average molecular weight is 407 g/mol. The fourth-order valence-corrected chi connectivity index (χ4v) is 5.85. The molecule has 3 heterocycles. The molecule has 0 bridgehead atoms. The predicted molar refractivity (Wildman–Crippen MR) is 99.9 cm³/mol. The summed E-state index contributed by atoms with van der Waals surface area (Å²) in [5.74, 6) is 0.808. The first-order valence-corrected chi connectivity index (χ1v) is 10.9. The van der Waals surface area contributed by atoms with Gasteiger partial charge in [-0.3, -0.25) is 4.99 Å². The SMILES string of the molecule is CN=C(NCCNS(=O)(=O)c1ccc(Cl)s1)N1CCC2(CCOC2)C1. The molecule has 2 aliphatic heterocycles. The highest BCUT2D eigenvalue weighted by Gasteiger charge is 2.42. The molecule has 1 atom stereocenters. The molecule has 2 N–H and O–H groups in total. The molecule has 0 aliphatic carbocycles. The number of thiophene rings is 1. The fourth-order valence-electron chi connectivity index (χ4n) is 3.29.